The van der Waals surface area contributed by atoms with Gasteiger partial charge < -0.3 is 5.32 Å². The zero-order valence-corrected chi connectivity index (χ0v) is 33.4. The van der Waals surface area contributed by atoms with Gasteiger partial charge in [-0.25, -0.2) is 0 Å². The molecular weight excluding hydrogens is 741 g/mol. The van der Waals surface area contributed by atoms with Crippen LogP contribution in [0.1, 0.15) is 34.3 Å². The number of thiophene rings is 1. The highest BCUT2D eigenvalue weighted by Gasteiger charge is 2.35. The van der Waals surface area contributed by atoms with Crippen molar-refractivity contribution in [3.63, 3.8) is 0 Å². The molecule has 0 fully saturated rings. The Balaban J connectivity index is 1.13. The summed E-state index contributed by atoms with van der Waals surface area (Å²) in [6, 6.07) is 55.0. The van der Waals surface area contributed by atoms with Gasteiger partial charge in [0.2, 0.25) is 0 Å². The maximum atomic E-state index is 5.69. The maximum Gasteiger partial charge on any atom is 0.145 e. The summed E-state index contributed by atoms with van der Waals surface area (Å²) in [5, 5.41) is 14.2. The number of rotatable bonds is 8. The number of allylic oxidation sites excluding steroid dienone is 4. The Bertz CT molecular complexity index is 3200. The first-order valence-corrected chi connectivity index (χ1v) is 21.5. The summed E-state index contributed by atoms with van der Waals surface area (Å²) in [7, 11) is 0. The predicted molar refractivity (Wildman–Crippen MR) is 252 cm³/mol. The molecule has 4 heteroatoms. The molecule has 0 amide bonds. The number of aliphatic imine (C=N–C) groups is 1. The molecule has 0 spiro atoms. The van der Waals surface area contributed by atoms with E-state index in [-0.39, 0.29) is 5.92 Å². The standard InChI is InChI=1S/C54H38N2S2/c1-3-47(56-54(55-33(2)34-16-5-4-6-17-34)44-24-15-27-50-52(44)42-22-11-13-25-48(42)57-50)46-31-36(32-51-53(46)43-23-12-14-26-49(43)58-51)35-28-29-41-39-20-8-7-18-37(39)38-19-9-10-21-40(38)45(41)30-35/h3-32,42,48,54-55H,1-2H2/b56-47+. The molecule has 0 saturated heterocycles. The third-order valence-corrected chi connectivity index (χ3v) is 14.3. The van der Waals surface area contributed by atoms with Gasteiger partial charge in [0.25, 0.3) is 0 Å². The van der Waals surface area contributed by atoms with Crippen molar-refractivity contribution >= 4 is 87.0 Å². The average molecular weight is 779 g/mol. The van der Waals surface area contributed by atoms with Crippen LogP contribution in [0.15, 0.2) is 205 Å². The van der Waals surface area contributed by atoms with Gasteiger partial charge in [-0.05, 0) is 91.0 Å². The Kier molecular flexibility index (Phi) is 8.50. The molecule has 58 heavy (non-hydrogen) atoms. The van der Waals surface area contributed by atoms with Gasteiger partial charge in [-0.15, -0.1) is 23.1 Å². The van der Waals surface area contributed by atoms with Gasteiger partial charge in [-0.1, -0.05) is 159 Å². The Morgan fingerprint density at radius 1 is 0.621 bits per heavy atom. The molecule has 2 nitrogen and oxygen atoms in total. The van der Waals surface area contributed by atoms with E-state index in [1.54, 1.807) is 0 Å². The molecule has 0 radical (unpaired) electrons. The lowest BCUT2D eigenvalue weighted by Gasteiger charge is -2.24. The van der Waals surface area contributed by atoms with Crippen molar-refractivity contribution in [2.45, 2.75) is 22.2 Å². The largest absolute Gasteiger partial charge is 0.360 e. The minimum atomic E-state index is -0.418. The lowest BCUT2D eigenvalue weighted by Crippen LogP contribution is -2.22. The highest BCUT2D eigenvalue weighted by atomic mass is 32.2. The molecule has 11 rings (SSSR count). The zero-order chi connectivity index (χ0) is 38.7. The first kappa shape index (κ1) is 34.8. The van der Waals surface area contributed by atoms with E-state index < -0.39 is 6.17 Å². The van der Waals surface area contributed by atoms with Crippen molar-refractivity contribution in [2.24, 2.45) is 4.99 Å². The fraction of sp³-hybridized carbons (Fsp3) is 0.0556. The molecule has 8 aromatic carbocycles. The SMILES string of the molecule is C=C/C(=N\C(NC(=C)c1ccccc1)c1cccc2c1C1C=CC=CC1S2)c1cc(-c2ccc3c4ccccc4c4ccccc4c3c2)cc2sc3ccccc3c12. The number of thioether (sulfide) groups is 1. The predicted octanol–water partition coefficient (Wildman–Crippen LogP) is 14.8. The summed E-state index contributed by atoms with van der Waals surface area (Å²) in [6.45, 7) is 8.97. The van der Waals surface area contributed by atoms with E-state index in [4.69, 9.17) is 4.99 Å². The van der Waals surface area contributed by atoms with Crippen molar-refractivity contribution in [3.8, 4) is 11.1 Å². The lowest BCUT2D eigenvalue weighted by atomic mass is 9.88. The molecule has 3 atom stereocenters. The average Bonchev–Trinajstić information content (AvgIpc) is 3.86. The summed E-state index contributed by atoms with van der Waals surface area (Å²) >= 11 is 3.77. The second kappa shape index (κ2) is 14.2. The Morgan fingerprint density at radius 2 is 1.29 bits per heavy atom. The van der Waals surface area contributed by atoms with Crippen LogP contribution in [0, 0.1) is 0 Å². The number of hydrogen-bond donors (Lipinski definition) is 1. The third-order valence-electron chi connectivity index (χ3n) is 11.8. The van der Waals surface area contributed by atoms with Crippen LogP contribution in [0.25, 0.3) is 69.3 Å². The van der Waals surface area contributed by atoms with Crippen molar-refractivity contribution < 1.29 is 0 Å². The molecule has 2 aliphatic rings. The Hall–Kier alpha value is -6.46. The monoisotopic (exact) mass is 778 g/mol. The molecule has 1 N–H and O–H groups in total. The molecule has 1 aliphatic heterocycles. The van der Waals surface area contributed by atoms with E-state index in [1.165, 1.54) is 68.5 Å². The van der Waals surface area contributed by atoms with Crippen LogP contribution in [0.4, 0.5) is 0 Å². The molecule has 276 valence electrons. The molecular formula is C54H38N2S2. The van der Waals surface area contributed by atoms with Crippen molar-refractivity contribution in [1.82, 2.24) is 5.32 Å². The van der Waals surface area contributed by atoms with Gasteiger partial charge in [-0.3, -0.25) is 4.99 Å². The van der Waals surface area contributed by atoms with Crippen LogP contribution >= 0.6 is 23.1 Å². The van der Waals surface area contributed by atoms with Crippen molar-refractivity contribution in [3.05, 3.63) is 217 Å². The molecule has 0 saturated carbocycles. The van der Waals surface area contributed by atoms with Gasteiger partial charge in [0.05, 0.1) is 5.71 Å². The van der Waals surface area contributed by atoms with E-state index >= 15 is 0 Å². The van der Waals surface area contributed by atoms with Crippen molar-refractivity contribution in [2.75, 3.05) is 0 Å². The molecule has 1 aliphatic carbocycles. The van der Waals surface area contributed by atoms with E-state index in [2.05, 4.69) is 188 Å². The first-order valence-electron chi connectivity index (χ1n) is 19.8. The van der Waals surface area contributed by atoms with Crippen LogP contribution in [-0.4, -0.2) is 11.0 Å². The summed E-state index contributed by atoms with van der Waals surface area (Å²) in [5.41, 5.74) is 8.58. The summed E-state index contributed by atoms with van der Waals surface area (Å²) in [4.78, 5) is 7.00. The minimum Gasteiger partial charge on any atom is -0.360 e. The number of nitrogens with one attached hydrogen (secondary N) is 1. The number of nitrogens with zero attached hydrogens (tertiary/aromatic N) is 1. The molecule has 0 bridgehead atoms. The first-order chi connectivity index (χ1) is 28.6. The quantitative estimate of drug-likeness (QED) is 0.123. The van der Waals surface area contributed by atoms with E-state index in [0.29, 0.717) is 5.25 Å². The normalized spacial score (nSPS) is 16.6. The smallest absolute Gasteiger partial charge is 0.145 e. The highest BCUT2D eigenvalue weighted by Crippen LogP contribution is 2.51. The molecule has 3 unspecified atom stereocenters. The minimum absolute atomic E-state index is 0.273. The van der Waals surface area contributed by atoms with Crippen LogP contribution in [0.3, 0.4) is 0 Å². The second-order valence-electron chi connectivity index (χ2n) is 15.1. The number of fused-ring (bicyclic) bond motifs is 12. The van der Waals surface area contributed by atoms with E-state index in [1.807, 2.05) is 35.2 Å². The fourth-order valence-electron chi connectivity index (χ4n) is 9.11. The van der Waals surface area contributed by atoms with Gasteiger partial charge in [0.1, 0.15) is 6.17 Å². The molecule has 1 aromatic heterocycles. The van der Waals surface area contributed by atoms with Crippen LogP contribution < -0.4 is 5.32 Å². The van der Waals surface area contributed by atoms with Gasteiger partial charge in [-0.2, -0.15) is 0 Å². The van der Waals surface area contributed by atoms with Crippen LogP contribution in [0.5, 0.6) is 0 Å². The maximum absolute atomic E-state index is 5.69. The third kappa shape index (κ3) is 5.74. The topological polar surface area (TPSA) is 24.4 Å². The molecule has 2 heterocycles. The van der Waals surface area contributed by atoms with Crippen LogP contribution in [-0.2, 0) is 0 Å². The van der Waals surface area contributed by atoms with E-state index in [0.717, 1.165) is 33.7 Å². The van der Waals surface area contributed by atoms with Crippen LogP contribution in [0.2, 0.25) is 0 Å². The van der Waals surface area contributed by atoms with Gasteiger partial charge >= 0.3 is 0 Å². The zero-order valence-electron chi connectivity index (χ0n) is 31.7. The summed E-state index contributed by atoms with van der Waals surface area (Å²) < 4.78 is 2.48. The summed E-state index contributed by atoms with van der Waals surface area (Å²) in [6.07, 6.45) is 10.5. The number of hydrogen-bond acceptors (Lipinski definition) is 4. The van der Waals surface area contributed by atoms with E-state index in [9.17, 15) is 0 Å². The Morgan fingerprint density at radius 3 is 2.05 bits per heavy atom. The highest BCUT2D eigenvalue weighted by molar-refractivity contribution is 8.00. The van der Waals surface area contributed by atoms with Gasteiger partial charge in [0, 0.05) is 53.1 Å². The fourth-order valence-corrected chi connectivity index (χ4v) is 11.7. The lowest BCUT2D eigenvalue weighted by molar-refractivity contribution is 0.654. The number of benzene rings is 8. The second-order valence-corrected chi connectivity index (χ2v) is 17.4. The van der Waals surface area contributed by atoms with Crippen molar-refractivity contribution in [1.29, 1.82) is 0 Å². The Labute approximate surface area is 346 Å². The molecule has 9 aromatic rings. The van der Waals surface area contributed by atoms with Gasteiger partial charge in [0.15, 0.2) is 0 Å². The summed E-state index contributed by atoms with van der Waals surface area (Å²) in [5.74, 6) is 0.273.